The smallest absolute Gasteiger partial charge is 0.0353 e. The zero-order chi connectivity index (χ0) is 10.6. The summed E-state index contributed by atoms with van der Waals surface area (Å²) in [5, 5.41) is 3.54. The normalized spacial score (nSPS) is 12.9. The fraction of sp³-hybridized carbons (Fsp3) is 0.500. The van der Waals surface area contributed by atoms with Gasteiger partial charge in [-0.3, -0.25) is 0 Å². The predicted molar refractivity (Wildman–Crippen MR) is 66.7 cm³/mol. The van der Waals surface area contributed by atoms with Crippen LogP contribution in [0.25, 0.3) is 0 Å². The monoisotopic (exact) mass is 255 g/mol. The zero-order valence-electron chi connectivity index (χ0n) is 9.05. The molecule has 14 heavy (non-hydrogen) atoms. The van der Waals surface area contributed by atoms with Crippen molar-refractivity contribution in [3.05, 3.63) is 28.7 Å². The standard InChI is InChI=1S/C12H18BrN/c1-4-12(9(2)3)14-11-7-5-6-10(13)8-11/h5-9,12,14H,4H2,1-3H3. The maximum Gasteiger partial charge on any atom is 0.0353 e. The molecule has 0 saturated heterocycles. The van der Waals surface area contributed by atoms with Gasteiger partial charge in [0.1, 0.15) is 0 Å². The van der Waals surface area contributed by atoms with Gasteiger partial charge in [-0.15, -0.1) is 0 Å². The van der Waals surface area contributed by atoms with Gasteiger partial charge >= 0.3 is 0 Å². The Morgan fingerprint density at radius 2 is 2.07 bits per heavy atom. The molecule has 0 fully saturated rings. The Hall–Kier alpha value is -0.500. The first-order chi connectivity index (χ1) is 6.63. The first-order valence-corrected chi connectivity index (χ1v) is 5.95. The van der Waals surface area contributed by atoms with E-state index in [1.54, 1.807) is 0 Å². The molecule has 0 saturated carbocycles. The van der Waals surface area contributed by atoms with Crippen molar-refractivity contribution in [3.63, 3.8) is 0 Å². The summed E-state index contributed by atoms with van der Waals surface area (Å²) in [6.45, 7) is 6.72. The van der Waals surface area contributed by atoms with Gasteiger partial charge in [0.2, 0.25) is 0 Å². The summed E-state index contributed by atoms with van der Waals surface area (Å²) in [5.41, 5.74) is 1.19. The van der Waals surface area contributed by atoms with Gasteiger partial charge in [0.25, 0.3) is 0 Å². The van der Waals surface area contributed by atoms with Crippen LogP contribution in [-0.2, 0) is 0 Å². The summed E-state index contributed by atoms with van der Waals surface area (Å²) in [6, 6.07) is 8.88. The van der Waals surface area contributed by atoms with Gasteiger partial charge in [0.15, 0.2) is 0 Å². The summed E-state index contributed by atoms with van der Waals surface area (Å²) in [4.78, 5) is 0. The van der Waals surface area contributed by atoms with Crippen LogP contribution in [-0.4, -0.2) is 6.04 Å². The van der Waals surface area contributed by atoms with Gasteiger partial charge in [-0.2, -0.15) is 0 Å². The van der Waals surface area contributed by atoms with Crippen LogP contribution in [0.1, 0.15) is 27.2 Å². The van der Waals surface area contributed by atoms with Crippen LogP contribution >= 0.6 is 15.9 Å². The van der Waals surface area contributed by atoms with Crippen LogP contribution < -0.4 is 5.32 Å². The molecular weight excluding hydrogens is 238 g/mol. The van der Waals surface area contributed by atoms with E-state index in [1.165, 1.54) is 5.69 Å². The summed E-state index contributed by atoms with van der Waals surface area (Å²) in [6.07, 6.45) is 1.16. The number of halogens is 1. The Morgan fingerprint density at radius 1 is 1.36 bits per heavy atom. The summed E-state index contributed by atoms with van der Waals surface area (Å²) in [7, 11) is 0. The van der Waals surface area contributed by atoms with Gasteiger partial charge in [-0.05, 0) is 30.5 Å². The molecule has 0 amide bonds. The van der Waals surface area contributed by atoms with Crippen LogP contribution in [0.3, 0.4) is 0 Å². The SMILES string of the molecule is CCC(Nc1cccc(Br)c1)C(C)C. The molecule has 2 heteroatoms. The lowest BCUT2D eigenvalue weighted by molar-refractivity contribution is 0.511. The van der Waals surface area contributed by atoms with Gasteiger partial charge in [-0.1, -0.05) is 42.8 Å². The van der Waals surface area contributed by atoms with Gasteiger partial charge in [0.05, 0.1) is 0 Å². The van der Waals surface area contributed by atoms with Crippen LogP contribution in [0, 0.1) is 5.92 Å². The summed E-state index contributed by atoms with van der Waals surface area (Å²) < 4.78 is 1.13. The second-order valence-corrected chi connectivity index (χ2v) is 4.83. The number of hydrogen-bond donors (Lipinski definition) is 1. The van der Waals surface area contributed by atoms with Crippen LogP contribution in [0.5, 0.6) is 0 Å². The zero-order valence-corrected chi connectivity index (χ0v) is 10.6. The lowest BCUT2D eigenvalue weighted by Gasteiger charge is -2.22. The predicted octanol–water partition coefficient (Wildman–Crippen LogP) is 4.30. The minimum atomic E-state index is 0.560. The Balaban J connectivity index is 2.67. The highest BCUT2D eigenvalue weighted by Crippen LogP contribution is 2.19. The fourth-order valence-electron chi connectivity index (χ4n) is 1.53. The Bertz CT molecular complexity index is 283. The van der Waals surface area contributed by atoms with Gasteiger partial charge in [-0.25, -0.2) is 0 Å². The lowest BCUT2D eigenvalue weighted by atomic mass is 10.0. The van der Waals surface area contributed by atoms with E-state index < -0.39 is 0 Å². The molecule has 0 aromatic heterocycles. The van der Waals surface area contributed by atoms with Gasteiger partial charge in [0, 0.05) is 16.2 Å². The molecule has 0 bridgehead atoms. The average Bonchev–Trinajstić information content (AvgIpc) is 2.14. The Morgan fingerprint density at radius 3 is 2.57 bits per heavy atom. The van der Waals surface area contributed by atoms with Crippen LogP contribution in [0.4, 0.5) is 5.69 Å². The maximum atomic E-state index is 3.54. The molecule has 1 rings (SSSR count). The van der Waals surface area contributed by atoms with E-state index >= 15 is 0 Å². The number of benzene rings is 1. The topological polar surface area (TPSA) is 12.0 Å². The van der Waals surface area contributed by atoms with E-state index in [2.05, 4.69) is 60.2 Å². The quantitative estimate of drug-likeness (QED) is 0.847. The van der Waals surface area contributed by atoms with Crippen molar-refractivity contribution in [2.45, 2.75) is 33.2 Å². The van der Waals surface area contributed by atoms with Gasteiger partial charge < -0.3 is 5.32 Å². The van der Waals surface area contributed by atoms with Crippen LogP contribution in [0.2, 0.25) is 0 Å². The molecule has 78 valence electrons. The van der Waals surface area contributed by atoms with Crippen molar-refractivity contribution >= 4 is 21.6 Å². The van der Waals surface area contributed by atoms with Crippen molar-refractivity contribution < 1.29 is 0 Å². The van der Waals surface area contributed by atoms with Crippen molar-refractivity contribution in [1.82, 2.24) is 0 Å². The van der Waals surface area contributed by atoms with Crippen molar-refractivity contribution in [2.75, 3.05) is 5.32 Å². The molecule has 1 aromatic carbocycles. The average molecular weight is 256 g/mol. The van der Waals surface area contributed by atoms with E-state index in [4.69, 9.17) is 0 Å². The fourth-order valence-corrected chi connectivity index (χ4v) is 1.93. The second-order valence-electron chi connectivity index (χ2n) is 3.91. The molecule has 1 N–H and O–H groups in total. The Kier molecular flexibility index (Phi) is 4.46. The molecule has 1 nitrogen and oxygen atoms in total. The molecule has 0 aliphatic rings. The summed E-state index contributed by atoms with van der Waals surface area (Å²) in [5.74, 6) is 0.666. The number of hydrogen-bond acceptors (Lipinski definition) is 1. The first kappa shape index (κ1) is 11.6. The molecule has 0 spiro atoms. The molecule has 0 radical (unpaired) electrons. The van der Waals surface area contributed by atoms with E-state index in [0.717, 1.165) is 10.9 Å². The highest BCUT2D eigenvalue weighted by molar-refractivity contribution is 9.10. The van der Waals surface area contributed by atoms with Crippen LogP contribution in [0.15, 0.2) is 28.7 Å². The number of nitrogens with one attached hydrogen (secondary N) is 1. The van der Waals surface area contributed by atoms with Crippen molar-refractivity contribution in [3.8, 4) is 0 Å². The minimum Gasteiger partial charge on any atom is -0.382 e. The van der Waals surface area contributed by atoms with E-state index in [1.807, 2.05) is 6.07 Å². The molecule has 1 aromatic rings. The van der Waals surface area contributed by atoms with E-state index in [9.17, 15) is 0 Å². The third-order valence-electron chi connectivity index (χ3n) is 2.42. The third kappa shape index (κ3) is 3.33. The molecule has 1 unspecified atom stereocenters. The highest BCUT2D eigenvalue weighted by atomic mass is 79.9. The summed E-state index contributed by atoms with van der Waals surface area (Å²) >= 11 is 3.47. The first-order valence-electron chi connectivity index (χ1n) is 5.15. The number of anilines is 1. The third-order valence-corrected chi connectivity index (χ3v) is 2.91. The Labute approximate surface area is 95.0 Å². The van der Waals surface area contributed by atoms with E-state index in [-0.39, 0.29) is 0 Å². The molecular formula is C12H18BrN. The lowest BCUT2D eigenvalue weighted by Crippen LogP contribution is -2.24. The molecule has 0 heterocycles. The van der Waals surface area contributed by atoms with Crippen molar-refractivity contribution in [1.29, 1.82) is 0 Å². The number of rotatable bonds is 4. The van der Waals surface area contributed by atoms with Crippen molar-refractivity contribution in [2.24, 2.45) is 5.92 Å². The largest absolute Gasteiger partial charge is 0.382 e. The molecule has 0 aliphatic carbocycles. The molecule has 1 atom stereocenters. The molecule has 0 aliphatic heterocycles. The minimum absolute atomic E-state index is 0.560. The second kappa shape index (κ2) is 5.40. The maximum absolute atomic E-state index is 3.54. The van der Waals surface area contributed by atoms with E-state index in [0.29, 0.717) is 12.0 Å². The highest BCUT2D eigenvalue weighted by Gasteiger charge is 2.09.